The van der Waals surface area contributed by atoms with Crippen LogP contribution in [0.3, 0.4) is 0 Å². The number of para-hydroxylation sites is 2. The molecule has 0 N–H and O–H groups in total. The molecule has 0 saturated heterocycles. The summed E-state index contributed by atoms with van der Waals surface area (Å²) >= 11 is 0. The lowest BCUT2D eigenvalue weighted by molar-refractivity contribution is 0.669. The van der Waals surface area contributed by atoms with Gasteiger partial charge in [0, 0.05) is 27.8 Å². The summed E-state index contributed by atoms with van der Waals surface area (Å²) in [5.41, 5.74) is 9.99. The van der Waals surface area contributed by atoms with Crippen molar-refractivity contribution < 1.29 is 4.42 Å². The molecule has 0 radical (unpaired) electrons. The van der Waals surface area contributed by atoms with E-state index in [4.69, 9.17) is 4.42 Å². The van der Waals surface area contributed by atoms with Gasteiger partial charge in [0.25, 0.3) is 0 Å². The second-order valence-corrected chi connectivity index (χ2v) is 13.0. The number of hydrogen-bond donors (Lipinski definition) is 0. The summed E-state index contributed by atoms with van der Waals surface area (Å²) in [6.45, 7) is 0. The van der Waals surface area contributed by atoms with Crippen molar-refractivity contribution in [3.05, 3.63) is 188 Å². The van der Waals surface area contributed by atoms with E-state index >= 15 is 0 Å². The lowest BCUT2D eigenvalue weighted by atomic mass is 9.96. The number of anilines is 3. The fourth-order valence-corrected chi connectivity index (χ4v) is 7.47. The maximum atomic E-state index is 6.24. The van der Waals surface area contributed by atoms with E-state index < -0.39 is 0 Å². The smallest absolute Gasteiger partial charge is 0.136 e. The van der Waals surface area contributed by atoms with Crippen molar-refractivity contribution in [2.75, 3.05) is 4.90 Å². The zero-order valence-electron chi connectivity index (χ0n) is 27.3. The minimum atomic E-state index is 0.909. The van der Waals surface area contributed by atoms with Crippen LogP contribution in [0, 0.1) is 0 Å². The van der Waals surface area contributed by atoms with Crippen molar-refractivity contribution in [3.8, 4) is 22.3 Å². The number of hydrogen-bond acceptors (Lipinski definition) is 2. The van der Waals surface area contributed by atoms with Gasteiger partial charge in [-0.1, -0.05) is 121 Å². The van der Waals surface area contributed by atoms with Crippen LogP contribution in [0.1, 0.15) is 0 Å². The maximum Gasteiger partial charge on any atom is 0.136 e. The molecule has 10 aromatic rings. The summed E-state index contributed by atoms with van der Waals surface area (Å²) in [7, 11) is 0. The normalized spacial score (nSPS) is 11.6. The van der Waals surface area contributed by atoms with Crippen molar-refractivity contribution in [1.82, 2.24) is 0 Å². The van der Waals surface area contributed by atoms with Gasteiger partial charge in [-0.15, -0.1) is 0 Å². The molecule has 1 aromatic heterocycles. The molecular weight excluding hydrogens is 607 g/mol. The van der Waals surface area contributed by atoms with Gasteiger partial charge in [-0.05, 0) is 121 Å². The van der Waals surface area contributed by atoms with Gasteiger partial charge >= 0.3 is 0 Å². The van der Waals surface area contributed by atoms with Crippen LogP contribution in [0.5, 0.6) is 0 Å². The van der Waals surface area contributed by atoms with Crippen LogP contribution in [0.25, 0.3) is 76.5 Å². The highest BCUT2D eigenvalue weighted by molar-refractivity contribution is 6.19. The molecule has 0 saturated carbocycles. The molecule has 10 rings (SSSR count). The fraction of sp³-hybridized carbons (Fsp3) is 0. The molecule has 0 atom stereocenters. The highest BCUT2D eigenvalue weighted by atomic mass is 16.3. The summed E-state index contributed by atoms with van der Waals surface area (Å²) < 4.78 is 6.24. The average molecular weight is 638 g/mol. The zero-order valence-corrected chi connectivity index (χ0v) is 27.3. The van der Waals surface area contributed by atoms with Crippen molar-refractivity contribution in [3.63, 3.8) is 0 Å². The Balaban J connectivity index is 1.02. The summed E-state index contributed by atoms with van der Waals surface area (Å²) in [5, 5.41) is 9.67. The van der Waals surface area contributed by atoms with Crippen molar-refractivity contribution in [1.29, 1.82) is 0 Å². The minimum absolute atomic E-state index is 0.909. The standard InChI is InChI=1S/C48H31NO/c1-2-10-41(11-3-1)49(43-26-22-34-23-27-47-48(45(34)31-43)44-12-6-7-13-46(44)50-47)42-24-20-33(21-25-42)36-16-17-39-30-40(19-18-38(39)29-36)37-15-14-32-8-4-5-9-35(32)28-37/h1-31H. The molecule has 0 fully saturated rings. The van der Waals surface area contributed by atoms with Gasteiger partial charge in [-0.25, -0.2) is 0 Å². The molecule has 0 aliphatic heterocycles. The first-order valence-corrected chi connectivity index (χ1v) is 17.1. The largest absolute Gasteiger partial charge is 0.456 e. The quantitative estimate of drug-likeness (QED) is 0.187. The van der Waals surface area contributed by atoms with Crippen molar-refractivity contribution >= 4 is 71.3 Å². The Morgan fingerprint density at radius 2 is 0.820 bits per heavy atom. The van der Waals surface area contributed by atoms with E-state index in [9.17, 15) is 0 Å². The molecule has 9 aromatic carbocycles. The molecule has 0 spiro atoms. The topological polar surface area (TPSA) is 16.4 Å². The van der Waals surface area contributed by atoms with Crippen LogP contribution in [-0.2, 0) is 0 Å². The number of benzene rings is 9. The summed E-state index contributed by atoms with van der Waals surface area (Å²) in [6.07, 6.45) is 0. The Morgan fingerprint density at radius 1 is 0.300 bits per heavy atom. The van der Waals surface area contributed by atoms with Gasteiger partial charge in [-0.3, -0.25) is 0 Å². The third-order valence-corrected chi connectivity index (χ3v) is 10.00. The van der Waals surface area contributed by atoms with Gasteiger partial charge < -0.3 is 9.32 Å². The van der Waals surface area contributed by atoms with Crippen LogP contribution in [0.15, 0.2) is 192 Å². The molecule has 1 heterocycles. The SMILES string of the molecule is c1ccc(N(c2ccc(-c3ccc4cc(-c5ccc6ccccc6c5)ccc4c3)cc2)c2ccc3ccc4oc5ccccc5c4c3c2)cc1. The molecule has 0 unspecified atom stereocenters. The van der Waals surface area contributed by atoms with Crippen LogP contribution in [-0.4, -0.2) is 0 Å². The fourth-order valence-electron chi connectivity index (χ4n) is 7.47. The number of fused-ring (bicyclic) bond motifs is 7. The third kappa shape index (κ3) is 4.81. The Labute approximate surface area is 290 Å². The monoisotopic (exact) mass is 637 g/mol. The lowest BCUT2D eigenvalue weighted by Crippen LogP contribution is -2.09. The highest BCUT2D eigenvalue weighted by Gasteiger charge is 2.16. The minimum Gasteiger partial charge on any atom is -0.456 e. The Bertz CT molecular complexity index is 2870. The number of furan rings is 1. The first-order chi connectivity index (χ1) is 24.7. The number of nitrogens with zero attached hydrogens (tertiary/aromatic N) is 1. The molecule has 0 bridgehead atoms. The molecule has 0 aliphatic rings. The zero-order chi connectivity index (χ0) is 33.0. The average Bonchev–Trinajstić information content (AvgIpc) is 3.57. The van der Waals surface area contributed by atoms with E-state index in [0.717, 1.165) is 39.0 Å². The van der Waals surface area contributed by atoms with Gasteiger partial charge in [0.05, 0.1) is 0 Å². The first-order valence-electron chi connectivity index (χ1n) is 17.1. The van der Waals surface area contributed by atoms with E-state index in [1.807, 2.05) is 12.1 Å². The van der Waals surface area contributed by atoms with Gasteiger partial charge in [0.2, 0.25) is 0 Å². The molecule has 0 amide bonds. The summed E-state index contributed by atoms with van der Waals surface area (Å²) in [6, 6.07) is 67.6. The van der Waals surface area contributed by atoms with Crippen molar-refractivity contribution in [2.24, 2.45) is 0 Å². The van der Waals surface area contributed by atoms with E-state index in [1.54, 1.807) is 0 Å². The summed E-state index contributed by atoms with van der Waals surface area (Å²) in [4.78, 5) is 2.33. The van der Waals surface area contributed by atoms with Crippen LogP contribution in [0.2, 0.25) is 0 Å². The van der Waals surface area contributed by atoms with E-state index in [1.165, 1.54) is 54.6 Å². The van der Waals surface area contributed by atoms with Crippen LogP contribution >= 0.6 is 0 Å². The molecular formula is C48H31NO. The molecule has 2 heteroatoms. The predicted molar refractivity (Wildman–Crippen MR) is 212 cm³/mol. The van der Waals surface area contributed by atoms with E-state index in [-0.39, 0.29) is 0 Å². The summed E-state index contributed by atoms with van der Waals surface area (Å²) in [5.74, 6) is 0. The molecule has 2 nitrogen and oxygen atoms in total. The highest BCUT2D eigenvalue weighted by Crippen LogP contribution is 2.41. The van der Waals surface area contributed by atoms with Crippen molar-refractivity contribution in [2.45, 2.75) is 0 Å². The first kappa shape index (κ1) is 28.4. The van der Waals surface area contributed by atoms with E-state index in [2.05, 4.69) is 181 Å². The molecule has 50 heavy (non-hydrogen) atoms. The van der Waals surface area contributed by atoms with Gasteiger partial charge in [-0.2, -0.15) is 0 Å². The second kappa shape index (κ2) is 11.5. The lowest BCUT2D eigenvalue weighted by Gasteiger charge is -2.26. The van der Waals surface area contributed by atoms with Crippen LogP contribution in [0.4, 0.5) is 17.1 Å². The molecule has 0 aliphatic carbocycles. The molecule has 234 valence electrons. The predicted octanol–water partition coefficient (Wildman–Crippen LogP) is 13.8. The third-order valence-electron chi connectivity index (χ3n) is 10.00. The van der Waals surface area contributed by atoms with Gasteiger partial charge in [0.1, 0.15) is 11.2 Å². The van der Waals surface area contributed by atoms with Gasteiger partial charge in [0.15, 0.2) is 0 Å². The Kier molecular flexibility index (Phi) is 6.53. The Morgan fingerprint density at radius 3 is 1.58 bits per heavy atom. The second-order valence-electron chi connectivity index (χ2n) is 13.0. The van der Waals surface area contributed by atoms with Crippen LogP contribution < -0.4 is 4.90 Å². The number of rotatable bonds is 5. The van der Waals surface area contributed by atoms with E-state index in [0.29, 0.717) is 0 Å². The Hall–Kier alpha value is -6.64. The maximum absolute atomic E-state index is 6.24.